The molecule has 0 bridgehead atoms. The quantitative estimate of drug-likeness (QED) is 0.734. The van der Waals surface area contributed by atoms with Crippen LogP contribution in [-0.4, -0.2) is 25.8 Å². The van der Waals surface area contributed by atoms with E-state index in [0.717, 1.165) is 12.8 Å². The molecule has 0 saturated carbocycles. The van der Waals surface area contributed by atoms with E-state index in [1.165, 1.54) is 16.4 Å². The Balaban J connectivity index is 3.25. The van der Waals surface area contributed by atoms with E-state index in [-0.39, 0.29) is 21.0 Å². The number of nitrogen functional groups attached to an aromatic ring is 1. The van der Waals surface area contributed by atoms with Crippen LogP contribution in [0.3, 0.4) is 0 Å². The van der Waals surface area contributed by atoms with Gasteiger partial charge in [-0.25, -0.2) is 12.8 Å². The van der Waals surface area contributed by atoms with Crippen LogP contribution in [0.4, 0.5) is 10.1 Å². The molecule has 120 valence electrons. The second-order valence-corrected chi connectivity index (χ2v) is 7.71. The predicted octanol–water partition coefficient (Wildman–Crippen LogP) is 3.62. The smallest absolute Gasteiger partial charge is 0.246 e. The molecule has 7 heteroatoms. The summed E-state index contributed by atoms with van der Waals surface area (Å²) < 4.78 is 40.9. The van der Waals surface area contributed by atoms with Gasteiger partial charge in [0.2, 0.25) is 10.0 Å². The molecule has 0 aliphatic heterocycles. The van der Waals surface area contributed by atoms with Crippen LogP contribution in [0.15, 0.2) is 21.5 Å². The van der Waals surface area contributed by atoms with Gasteiger partial charge in [0.1, 0.15) is 4.90 Å². The van der Waals surface area contributed by atoms with Crippen molar-refractivity contribution in [3.05, 3.63) is 22.4 Å². The van der Waals surface area contributed by atoms with Crippen molar-refractivity contribution in [3.8, 4) is 0 Å². The Labute approximate surface area is 134 Å². The normalized spacial score (nSPS) is 12.3. The molecule has 4 nitrogen and oxygen atoms in total. The number of rotatable bonds is 7. The molecule has 1 aromatic rings. The maximum Gasteiger partial charge on any atom is 0.246 e. The maximum atomic E-state index is 14.2. The molecule has 0 aromatic heterocycles. The molecule has 1 aromatic carbocycles. The fourth-order valence-electron chi connectivity index (χ4n) is 2.14. The van der Waals surface area contributed by atoms with E-state index in [2.05, 4.69) is 15.9 Å². The standard InChI is InChI=1S/C14H22BrFN2O2S/c1-4-10(5-2)9-18(6-3)21(19,20)13-8-11(17)7-12(15)14(13)16/h7-8,10H,4-6,9,17H2,1-3H3. The number of nitrogens with two attached hydrogens (primary N) is 1. The van der Waals surface area contributed by atoms with Crippen LogP contribution in [0.25, 0.3) is 0 Å². The van der Waals surface area contributed by atoms with Crippen molar-refractivity contribution < 1.29 is 12.8 Å². The van der Waals surface area contributed by atoms with Crippen LogP contribution < -0.4 is 5.73 Å². The molecule has 0 heterocycles. The van der Waals surface area contributed by atoms with Crippen molar-refractivity contribution >= 4 is 31.6 Å². The molecule has 0 saturated heterocycles. The lowest BCUT2D eigenvalue weighted by Crippen LogP contribution is -2.35. The number of sulfonamides is 1. The number of nitrogens with zero attached hydrogens (tertiary/aromatic N) is 1. The third kappa shape index (κ3) is 4.17. The Morgan fingerprint density at radius 1 is 1.29 bits per heavy atom. The SMILES string of the molecule is CCC(CC)CN(CC)S(=O)(=O)c1cc(N)cc(Br)c1F. The summed E-state index contributed by atoms with van der Waals surface area (Å²) in [6.07, 6.45) is 1.76. The van der Waals surface area contributed by atoms with E-state index in [9.17, 15) is 12.8 Å². The highest BCUT2D eigenvalue weighted by molar-refractivity contribution is 9.10. The fraction of sp³-hybridized carbons (Fsp3) is 0.571. The van der Waals surface area contributed by atoms with Gasteiger partial charge < -0.3 is 5.73 Å². The minimum absolute atomic E-state index is 0.0552. The van der Waals surface area contributed by atoms with E-state index < -0.39 is 15.8 Å². The average Bonchev–Trinajstić information content (AvgIpc) is 2.43. The number of hydrogen-bond acceptors (Lipinski definition) is 3. The van der Waals surface area contributed by atoms with Gasteiger partial charge in [-0.3, -0.25) is 0 Å². The van der Waals surface area contributed by atoms with Crippen LogP contribution >= 0.6 is 15.9 Å². The van der Waals surface area contributed by atoms with E-state index >= 15 is 0 Å². The summed E-state index contributed by atoms with van der Waals surface area (Å²) in [5.41, 5.74) is 5.85. The van der Waals surface area contributed by atoms with Crippen LogP contribution in [0, 0.1) is 11.7 Å². The summed E-state index contributed by atoms with van der Waals surface area (Å²) >= 11 is 3.00. The van der Waals surface area contributed by atoms with Gasteiger partial charge in [0.15, 0.2) is 5.82 Å². The van der Waals surface area contributed by atoms with Gasteiger partial charge in [-0.1, -0.05) is 33.6 Å². The zero-order chi connectivity index (χ0) is 16.2. The van der Waals surface area contributed by atoms with Crippen molar-refractivity contribution in [2.24, 2.45) is 5.92 Å². The average molecular weight is 381 g/mol. The highest BCUT2D eigenvalue weighted by Gasteiger charge is 2.29. The van der Waals surface area contributed by atoms with E-state index in [4.69, 9.17) is 5.73 Å². The fourth-order valence-corrected chi connectivity index (χ4v) is 4.40. The Kier molecular flexibility index (Phi) is 6.62. The lowest BCUT2D eigenvalue weighted by molar-refractivity contribution is 0.338. The summed E-state index contributed by atoms with van der Waals surface area (Å²) in [5, 5.41) is 0. The zero-order valence-electron chi connectivity index (χ0n) is 12.6. The minimum Gasteiger partial charge on any atom is -0.399 e. The van der Waals surface area contributed by atoms with Crippen molar-refractivity contribution in [3.63, 3.8) is 0 Å². The first-order valence-corrected chi connectivity index (χ1v) is 9.25. The van der Waals surface area contributed by atoms with Gasteiger partial charge in [-0.05, 0) is 34.0 Å². The summed E-state index contributed by atoms with van der Waals surface area (Å²) in [6, 6.07) is 2.52. The first-order chi connectivity index (χ1) is 9.77. The van der Waals surface area contributed by atoms with Crippen molar-refractivity contribution in [1.82, 2.24) is 4.31 Å². The molecule has 2 N–H and O–H groups in total. The number of benzene rings is 1. The van der Waals surface area contributed by atoms with Crippen molar-refractivity contribution in [2.45, 2.75) is 38.5 Å². The molecular formula is C14H22BrFN2O2S. The summed E-state index contributed by atoms with van der Waals surface area (Å²) in [7, 11) is -3.89. The second kappa shape index (κ2) is 7.56. The first kappa shape index (κ1) is 18.4. The van der Waals surface area contributed by atoms with E-state index in [0.29, 0.717) is 13.1 Å². The molecule has 0 unspecified atom stereocenters. The summed E-state index contributed by atoms with van der Waals surface area (Å²) in [4.78, 5) is -0.373. The number of anilines is 1. The Hall–Kier alpha value is -0.660. The summed E-state index contributed by atoms with van der Waals surface area (Å²) in [6.45, 7) is 6.47. The topological polar surface area (TPSA) is 63.4 Å². The Bertz CT molecular complexity index is 589. The highest BCUT2D eigenvalue weighted by atomic mass is 79.9. The van der Waals surface area contributed by atoms with E-state index in [1.54, 1.807) is 6.92 Å². The van der Waals surface area contributed by atoms with Gasteiger partial charge in [-0.15, -0.1) is 0 Å². The number of hydrogen-bond donors (Lipinski definition) is 1. The van der Waals surface area contributed by atoms with Crippen molar-refractivity contribution in [2.75, 3.05) is 18.8 Å². The number of halogens is 2. The monoisotopic (exact) mass is 380 g/mol. The molecule has 0 aliphatic rings. The zero-order valence-corrected chi connectivity index (χ0v) is 15.0. The van der Waals surface area contributed by atoms with Crippen LogP contribution in [0.5, 0.6) is 0 Å². The van der Waals surface area contributed by atoms with Gasteiger partial charge in [0, 0.05) is 18.8 Å². The molecule has 0 radical (unpaired) electrons. The Morgan fingerprint density at radius 3 is 2.33 bits per heavy atom. The molecule has 0 amide bonds. The molecule has 0 fully saturated rings. The van der Waals surface area contributed by atoms with Gasteiger partial charge in [-0.2, -0.15) is 4.31 Å². The molecule has 1 rings (SSSR count). The maximum absolute atomic E-state index is 14.2. The first-order valence-electron chi connectivity index (χ1n) is 7.02. The Morgan fingerprint density at radius 2 is 1.86 bits per heavy atom. The largest absolute Gasteiger partial charge is 0.399 e. The molecule has 0 atom stereocenters. The predicted molar refractivity (Wildman–Crippen MR) is 87.0 cm³/mol. The molecule has 0 aliphatic carbocycles. The van der Waals surface area contributed by atoms with Gasteiger partial charge >= 0.3 is 0 Å². The van der Waals surface area contributed by atoms with Crippen molar-refractivity contribution in [1.29, 1.82) is 0 Å². The highest BCUT2D eigenvalue weighted by Crippen LogP contribution is 2.29. The third-order valence-electron chi connectivity index (χ3n) is 3.60. The minimum atomic E-state index is -3.89. The third-order valence-corrected chi connectivity index (χ3v) is 6.12. The molecule has 0 spiro atoms. The van der Waals surface area contributed by atoms with Crippen LogP contribution in [-0.2, 0) is 10.0 Å². The molecule has 21 heavy (non-hydrogen) atoms. The summed E-state index contributed by atoms with van der Waals surface area (Å²) in [5.74, 6) is -0.542. The second-order valence-electron chi connectivity index (χ2n) is 4.95. The lowest BCUT2D eigenvalue weighted by Gasteiger charge is -2.25. The van der Waals surface area contributed by atoms with Gasteiger partial charge in [0.25, 0.3) is 0 Å². The van der Waals surface area contributed by atoms with Crippen LogP contribution in [0.1, 0.15) is 33.6 Å². The molecular weight excluding hydrogens is 359 g/mol. The van der Waals surface area contributed by atoms with Crippen LogP contribution in [0.2, 0.25) is 0 Å². The van der Waals surface area contributed by atoms with Gasteiger partial charge in [0.05, 0.1) is 4.47 Å². The van der Waals surface area contributed by atoms with E-state index in [1.807, 2.05) is 13.8 Å². The lowest BCUT2D eigenvalue weighted by atomic mass is 10.0.